The summed E-state index contributed by atoms with van der Waals surface area (Å²) in [6.07, 6.45) is 5.37. The first-order valence-corrected chi connectivity index (χ1v) is 7.81. The van der Waals surface area contributed by atoms with Crippen molar-refractivity contribution in [3.8, 4) is 0 Å². The highest BCUT2D eigenvalue weighted by molar-refractivity contribution is 4.88. The second-order valence-electron chi connectivity index (χ2n) is 6.50. The molecule has 3 unspecified atom stereocenters. The summed E-state index contributed by atoms with van der Waals surface area (Å²) < 4.78 is 39.2. The van der Waals surface area contributed by atoms with Crippen molar-refractivity contribution < 1.29 is 13.2 Å². The molecule has 3 atom stereocenters. The molecule has 2 fully saturated rings. The Bertz CT molecular complexity index is 271. The van der Waals surface area contributed by atoms with Crippen molar-refractivity contribution in [2.45, 2.75) is 76.4 Å². The van der Waals surface area contributed by atoms with Crippen LogP contribution in [0.15, 0.2) is 0 Å². The first-order chi connectivity index (χ1) is 8.98. The van der Waals surface area contributed by atoms with Gasteiger partial charge in [0, 0.05) is 6.04 Å². The van der Waals surface area contributed by atoms with Crippen molar-refractivity contribution in [2.75, 3.05) is 0 Å². The molecule has 0 amide bonds. The standard InChI is InChI=1S/C15H26F3N/c16-15(17,18)13-9-5-4-8-12(13)14(19)10-11-6-2-1-3-7-11/h11-14H,1-10,19H2. The smallest absolute Gasteiger partial charge is 0.327 e. The molecule has 2 saturated carbocycles. The van der Waals surface area contributed by atoms with Gasteiger partial charge in [0.2, 0.25) is 0 Å². The van der Waals surface area contributed by atoms with Crippen LogP contribution in [0.25, 0.3) is 0 Å². The average Bonchev–Trinajstić information content (AvgIpc) is 2.39. The number of rotatable bonds is 3. The number of hydrogen-bond acceptors (Lipinski definition) is 1. The van der Waals surface area contributed by atoms with E-state index in [-0.39, 0.29) is 18.4 Å². The van der Waals surface area contributed by atoms with Crippen molar-refractivity contribution in [3.05, 3.63) is 0 Å². The molecule has 0 heterocycles. The number of alkyl halides is 3. The maximum Gasteiger partial charge on any atom is 0.392 e. The molecule has 2 aliphatic carbocycles. The van der Waals surface area contributed by atoms with Gasteiger partial charge < -0.3 is 5.73 Å². The first-order valence-electron chi connectivity index (χ1n) is 7.81. The average molecular weight is 277 g/mol. The number of nitrogens with two attached hydrogens (primary N) is 1. The lowest BCUT2D eigenvalue weighted by Crippen LogP contribution is -2.44. The van der Waals surface area contributed by atoms with Gasteiger partial charge in [-0.25, -0.2) is 0 Å². The quantitative estimate of drug-likeness (QED) is 0.798. The Kier molecular flexibility index (Phi) is 5.15. The molecule has 0 aliphatic heterocycles. The van der Waals surface area contributed by atoms with E-state index in [1.54, 1.807) is 0 Å². The van der Waals surface area contributed by atoms with Crippen LogP contribution in [0.5, 0.6) is 0 Å². The zero-order valence-corrected chi connectivity index (χ0v) is 11.6. The summed E-state index contributed by atoms with van der Waals surface area (Å²) in [5, 5.41) is 0. The minimum absolute atomic E-state index is 0.255. The first kappa shape index (κ1) is 15.1. The van der Waals surface area contributed by atoms with Crippen molar-refractivity contribution >= 4 is 0 Å². The summed E-state index contributed by atoms with van der Waals surface area (Å²) in [5.74, 6) is -0.921. The predicted molar refractivity (Wildman–Crippen MR) is 70.7 cm³/mol. The molecule has 2 aliphatic rings. The van der Waals surface area contributed by atoms with E-state index >= 15 is 0 Å². The SMILES string of the molecule is NC(CC1CCCCC1)C1CCCCC1C(F)(F)F. The van der Waals surface area contributed by atoms with E-state index in [2.05, 4.69) is 0 Å². The van der Waals surface area contributed by atoms with Crippen molar-refractivity contribution in [1.82, 2.24) is 0 Å². The molecule has 0 bridgehead atoms. The molecule has 1 nitrogen and oxygen atoms in total. The largest absolute Gasteiger partial charge is 0.392 e. The highest BCUT2D eigenvalue weighted by Gasteiger charge is 2.47. The van der Waals surface area contributed by atoms with Gasteiger partial charge in [-0.05, 0) is 31.1 Å². The summed E-state index contributed by atoms with van der Waals surface area (Å²) >= 11 is 0. The molecule has 19 heavy (non-hydrogen) atoms. The van der Waals surface area contributed by atoms with Gasteiger partial charge in [0.15, 0.2) is 0 Å². The van der Waals surface area contributed by atoms with Crippen molar-refractivity contribution in [3.63, 3.8) is 0 Å². The van der Waals surface area contributed by atoms with Crippen LogP contribution in [0.1, 0.15) is 64.2 Å². The van der Waals surface area contributed by atoms with Gasteiger partial charge in [0.05, 0.1) is 5.92 Å². The fraction of sp³-hybridized carbons (Fsp3) is 1.00. The fourth-order valence-corrected chi connectivity index (χ4v) is 4.06. The molecule has 2 rings (SSSR count). The Hall–Kier alpha value is -0.250. The van der Waals surface area contributed by atoms with Crippen LogP contribution in [-0.2, 0) is 0 Å². The zero-order valence-electron chi connectivity index (χ0n) is 11.6. The molecule has 0 radical (unpaired) electrons. The van der Waals surface area contributed by atoms with E-state index in [0.29, 0.717) is 18.8 Å². The van der Waals surface area contributed by atoms with Crippen LogP contribution < -0.4 is 5.73 Å². The van der Waals surface area contributed by atoms with E-state index in [4.69, 9.17) is 5.73 Å². The molecular weight excluding hydrogens is 251 g/mol. The van der Waals surface area contributed by atoms with E-state index in [0.717, 1.165) is 25.7 Å². The van der Waals surface area contributed by atoms with Crippen molar-refractivity contribution in [2.24, 2.45) is 23.5 Å². The fourth-order valence-electron chi connectivity index (χ4n) is 4.06. The third kappa shape index (κ3) is 4.11. The minimum atomic E-state index is -4.06. The maximum absolute atomic E-state index is 13.1. The van der Waals surface area contributed by atoms with E-state index in [1.807, 2.05) is 0 Å². The maximum atomic E-state index is 13.1. The van der Waals surface area contributed by atoms with Crippen LogP contribution in [-0.4, -0.2) is 12.2 Å². The second kappa shape index (κ2) is 6.47. The molecule has 0 aromatic carbocycles. The minimum Gasteiger partial charge on any atom is -0.327 e. The third-order valence-corrected chi connectivity index (χ3v) is 5.12. The van der Waals surface area contributed by atoms with Crippen molar-refractivity contribution in [1.29, 1.82) is 0 Å². The Morgan fingerprint density at radius 3 is 2.11 bits per heavy atom. The molecule has 2 N–H and O–H groups in total. The second-order valence-corrected chi connectivity index (χ2v) is 6.50. The molecule has 0 aromatic heterocycles. The van der Waals surface area contributed by atoms with Crippen LogP contribution in [0, 0.1) is 17.8 Å². The van der Waals surface area contributed by atoms with Gasteiger partial charge in [-0.3, -0.25) is 0 Å². The highest BCUT2D eigenvalue weighted by atomic mass is 19.4. The van der Waals surface area contributed by atoms with Gasteiger partial charge >= 0.3 is 6.18 Å². The Labute approximate surface area is 114 Å². The van der Waals surface area contributed by atoms with Gasteiger partial charge in [-0.2, -0.15) is 13.2 Å². The normalized spacial score (nSPS) is 32.2. The van der Waals surface area contributed by atoms with Gasteiger partial charge in [0.1, 0.15) is 0 Å². The lowest BCUT2D eigenvalue weighted by Gasteiger charge is -2.38. The van der Waals surface area contributed by atoms with Crippen LogP contribution in [0.4, 0.5) is 13.2 Å². The summed E-state index contributed by atoms with van der Waals surface area (Å²) in [6, 6.07) is -0.255. The molecule has 0 saturated heterocycles. The number of hydrogen-bond donors (Lipinski definition) is 1. The zero-order chi connectivity index (χ0) is 13.9. The number of halogens is 3. The van der Waals surface area contributed by atoms with E-state index < -0.39 is 12.1 Å². The molecule has 4 heteroatoms. The topological polar surface area (TPSA) is 26.0 Å². The lowest BCUT2D eigenvalue weighted by atomic mass is 9.72. The predicted octanol–water partition coefficient (Wildman–Crippen LogP) is 4.65. The summed E-state index contributed by atoms with van der Waals surface area (Å²) in [4.78, 5) is 0. The molecule has 0 aromatic rings. The summed E-state index contributed by atoms with van der Waals surface area (Å²) in [6.45, 7) is 0. The van der Waals surface area contributed by atoms with Crippen LogP contribution >= 0.6 is 0 Å². The van der Waals surface area contributed by atoms with Gasteiger partial charge in [-0.1, -0.05) is 44.9 Å². The molecular formula is C15H26F3N. The summed E-state index contributed by atoms with van der Waals surface area (Å²) in [7, 11) is 0. The molecule has 112 valence electrons. The van der Waals surface area contributed by atoms with E-state index in [1.165, 1.54) is 19.3 Å². The van der Waals surface area contributed by atoms with Gasteiger partial charge in [-0.15, -0.1) is 0 Å². The summed E-state index contributed by atoms with van der Waals surface area (Å²) in [5.41, 5.74) is 6.17. The lowest BCUT2D eigenvalue weighted by molar-refractivity contribution is -0.198. The Balaban J connectivity index is 1.92. The van der Waals surface area contributed by atoms with Crippen LogP contribution in [0.2, 0.25) is 0 Å². The molecule has 0 spiro atoms. The van der Waals surface area contributed by atoms with Crippen LogP contribution in [0.3, 0.4) is 0 Å². The third-order valence-electron chi connectivity index (χ3n) is 5.12. The Morgan fingerprint density at radius 2 is 1.47 bits per heavy atom. The van der Waals surface area contributed by atoms with E-state index in [9.17, 15) is 13.2 Å². The highest BCUT2D eigenvalue weighted by Crippen LogP contribution is 2.44. The Morgan fingerprint density at radius 1 is 0.895 bits per heavy atom. The monoisotopic (exact) mass is 277 g/mol. The van der Waals surface area contributed by atoms with Gasteiger partial charge in [0.25, 0.3) is 0 Å².